The molecule has 1 heterocycles. The van der Waals surface area contributed by atoms with Crippen LogP contribution in [0.2, 0.25) is 0 Å². The van der Waals surface area contributed by atoms with Crippen molar-refractivity contribution in [2.24, 2.45) is 5.92 Å². The molecule has 7 heteroatoms. The fourth-order valence-corrected chi connectivity index (χ4v) is 4.17. The van der Waals surface area contributed by atoms with E-state index in [0.29, 0.717) is 12.8 Å². The lowest BCUT2D eigenvalue weighted by atomic mass is 9.84. The molecule has 1 fully saturated rings. The summed E-state index contributed by atoms with van der Waals surface area (Å²) in [5, 5.41) is 13.5. The number of aliphatic hydroxyl groups excluding tert-OH is 1. The van der Waals surface area contributed by atoms with Crippen molar-refractivity contribution in [1.82, 2.24) is 9.59 Å². The van der Waals surface area contributed by atoms with Gasteiger partial charge in [-0.15, -0.1) is 5.10 Å². The van der Waals surface area contributed by atoms with Gasteiger partial charge < -0.3 is 5.11 Å². The molecular formula is C10H16N2O3S2. The molecule has 0 bridgehead atoms. The number of nitrogens with zero attached hydrogens (tertiary/aromatic N) is 2. The number of hydrogen-bond donors (Lipinski definition) is 1. The summed E-state index contributed by atoms with van der Waals surface area (Å²) >= 11 is 1.17. The number of aromatic nitrogens is 2. The number of rotatable bonds is 3. The second-order valence-corrected chi connectivity index (χ2v) is 7.79. The van der Waals surface area contributed by atoms with Gasteiger partial charge in [0.05, 0.1) is 22.4 Å². The largest absolute Gasteiger partial charge is 0.387 e. The standard InChI is InChI=1S/C10H16N2O3S2/c1-17(14,15)8-4-2-3-7(5-8)10(13)9-6-11-12-16-9/h6-8,10,13H,2-5H2,1H3. The molecule has 17 heavy (non-hydrogen) atoms. The molecule has 3 unspecified atom stereocenters. The Morgan fingerprint density at radius 2 is 2.29 bits per heavy atom. The third kappa shape index (κ3) is 3.02. The molecular weight excluding hydrogens is 260 g/mol. The van der Waals surface area contributed by atoms with Crippen LogP contribution in [-0.4, -0.2) is 34.6 Å². The Labute approximate surface area is 105 Å². The molecule has 3 atom stereocenters. The fraction of sp³-hybridized carbons (Fsp3) is 0.800. The van der Waals surface area contributed by atoms with E-state index < -0.39 is 15.9 Å². The zero-order valence-electron chi connectivity index (χ0n) is 9.61. The summed E-state index contributed by atoms with van der Waals surface area (Å²) in [6, 6.07) is 0. The quantitative estimate of drug-likeness (QED) is 0.896. The van der Waals surface area contributed by atoms with Crippen LogP contribution in [0.4, 0.5) is 0 Å². The molecule has 1 aromatic rings. The molecule has 2 rings (SSSR count). The Kier molecular flexibility index (Phi) is 3.79. The van der Waals surface area contributed by atoms with Gasteiger partial charge in [-0.25, -0.2) is 8.42 Å². The summed E-state index contributed by atoms with van der Waals surface area (Å²) in [5.41, 5.74) is 0. The maximum atomic E-state index is 11.5. The van der Waals surface area contributed by atoms with E-state index in [1.165, 1.54) is 17.8 Å². The molecule has 0 saturated heterocycles. The van der Waals surface area contributed by atoms with Gasteiger partial charge in [0.15, 0.2) is 0 Å². The van der Waals surface area contributed by atoms with E-state index >= 15 is 0 Å². The van der Waals surface area contributed by atoms with Crippen LogP contribution < -0.4 is 0 Å². The van der Waals surface area contributed by atoms with Gasteiger partial charge >= 0.3 is 0 Å². The van der Waals surface area contributed by atoms with E-state index in [-0.39, 0.29) is 11.2 Å². The Hall–Kier alpha value is -0.530. The average molecular weight is 276 g/mol. The van der Waals surface area contributed by atoms with Crippen molar-refractivity contribution in [3.8, 4) is 0 Å². The first-order chi connectivity index (χ1) is 7.98. The highest BCUT2D eigenvalue weighted by Crippen LogP contribution is 2.37. The van der Waals surface area contributed by atoms with Crippen molar-refractivity contribution in [3.63, 3.8) is 0 Å². The summed E-state index contributed by atoms with van der Waals surface area (Å²) in [7, 11) is -3.00. The van der Waals surface area contributed by atoms with E-state index in [1.807, 2.05) is 0 Å². The fourth-order valence-electron chi connectivity index (χ4n) is 2.39. The monoisotopic (exact) mass is 276 g/mol. The molecule has 5 nitrogen and oxygen atoms in total. The minimum atomic E-state index is -3.00. The van der Waals surface area contributed by atoms with Gasteiger partial charge in [0.1, 0.15) is 9.84 Å². The van der Waals surface area contributed by atoms with Gasteiger partial charge in [0.2, 0.25) is 0 Å². The minimum absolute atomic E-state index is 0.00530. The van der Waals surface area contributed by atoms with E-state index in [9.17, 15) is 13.5 Å². The Morgan fingerprint density at radius 1 is 1.53 bits per heavy atom. The Bertz CT molecular complexity index is 458. The van der Waals surface area contributed by atoms with Crippen LogP contribution in [0.1, 0.15) is 36.7 Å². The van der Waals surface area contributed by atoms with Crippen molar-refractivity contribution in [1.29, 1.82) is 0 Å². The van der Waals surface area contributed by atoms with E-state index in [4.69, 9.17) is 0 Å². The second kappa shape index (κ2) is 4.99. The predicted octanol–water partition coefficient (Wildman–Crippen LogP) is 1.17. The van der Waals surface area contributed by atoms with Crippen LogP contribution in [0.5, 0.6) is 0 Å². The van der Waals surface area contributed by atoms with Crippen LogP contribution in [0.15, 0.2) is 6.20 Å². The molecule has 96 valence electrons. The molecule has 1 aromatic heterocycles. The van der Waals surface area contributed by atoms with Gasteiger partial charge in [-0.3, -0.25) is 0 Å². The van der Waals surface area contributed by atoms with Gasteiger partial charge in [-0.1, -0.05) is 10.9 Å². The number of sulfone groups is 1. The second-order valence-electron chi connectivity index (χ2n) is 4.64. The highest BCUT2D eigenvalue weighted by molar-refractivity contribution is 7.91. The first-order valence-corrected chi connectivity index (χ1v) is 8.35. The highest BCUT2D eigenvalue weighted by Gasteiger charge is 2.33. The van der Waals surface area contributed by atoms with Crippen molar-refractivity contribution < 1.29 is 13.5 Å². The summed E-state index contributed by atoms with van der Waals surface area (Å²) in [6.07, 6.45) is 5.18. The summed E-state index contributed by atoms with van der Waals surface area (Å²) in [5.74, 6) is 0.00530. The van der Waals surface area contributed by atoms with Gasteiger partial charge in [0.25, 0.3) is 0 Å². The predicted molar refractivity (Wildman–Crippen MR) is 65.5 cm³/mol. The van der Waals surface area contributed by atoms with Crippen molar-refractivity contribution in [2.45, 2.75) is 37.0 Å². The zero-order chi connectivity index (χ0) is 12.5. The van der Waals surface area contributed by atoms with E-state index in [0.717, 1.165) is 17.7 Å². The average Bonchev–Trinajstić information content (AvgIpc) is 2.80. The van der Waals surface area contributed by atoms with Crippen molar-refractivity contribution in [3.05, 3.63) is 11.1 Å². The summed E-state index contributed by atoms with van der Waals surface area (Å²) in [6.45, 7) is 0. The lowest BCUT2D eigenvalue weighted by molar-refractivity contribution is 0.0886. The molecule has 0 radical (unpaired) electrons. The van der Waals surface area contributed by atoms with Crippen LogP contribution >= 0.6 is 11.5 Å². The molecule has 1 aliphatic rings. The molecule has 0 aromatic carbocycles. The maximum absolute atomic E-state index is 11.5. The van der Waals surface area contributed by atoms with Crippen LogP contribution in [0.25, 0.3) is 0 Å². The Balaban J connectivity index is 2.07. The lowest BCUT2D eigenvalue weighted by Gasteiger charge is -2.30. The third-order valence-electron chi connectivity index (χ3n) is 3.39. The van der Waals surface area contributed by atoms with Gasteiger partial charge in [0, 0.05) is 6.26 Å². The zero-order valence-corrected chi connectivity index (χ0v) is 11.2. The normalized spacial score (nSPS) is 27.9. The number of aliphatic hydroxyl groups is 1. The van der Waals surface area contributed by atoms with E-state index in [2.05, 4.69) is 9.59 Å². The first-order valence-electron chi connectivity index (χ1n) is 5.62. The number of hydrogen-bond acceptors (Lipinski definition) is 6. The van der Waals surface area contributed by atoms with Crippen molar-refractivity contribution >= 4 is 21.4 Å². The molecule has 1 aliphatic carbocycles. The van der Waals surface area contributed by atoms with Gasteiger partial charge in [-0.05, 0) is 36.7 Å². The first kappa shape index (κ1) is 12.9. The van der Waals surface area contributed by atoms with Crippen molar-refractivity contribution in [2.75, 3.05) is 6.26 Å². The summed E-state index contributed by atoms with van der Waals surface area (Å²) < 4.78 is 26.8. The van der Waals surface area contributed by atoms with Crippen LogP contribution in [0.3, 0.4) is 0 Å². The topological polar surface area (TPSA) is 80.2 Å². The van der Waals surface area contributed by atoms with E-state index in [1.54, 1.807) is 6.20 Å². The molecule has 1 N–H and O–H groups in total. The van der Waals surface area contributed by atoms with Gasteiger partial charge in [-0.2, -0.15) is 0 Å². The molecule has 0 aliphatic heterocycles. The minimum Gasteiger partial charge on any atom is -0.387 e. The Morgan fingerprint density at radius 3 is 2.88 bits per heavy atom. The molecule has 0 amide bonds. The maximum Gasteiger partial charge on any atom is 0.150 e. The lowest BCUT2D eigenvalue weighted by Crippen LogP contribution is -2.30. The van der Waals surface area contributed by atoms with Crippen LogP contribution in [-0.2, 0) is 9.84 Å². The SMILES string of the molecule is CS(=O)(=O)C1CCCC(C(O)c2cnns2)C1. The summed E-state index contributed by atoms with van der Waals surface area (Å²) in [4.78, 5) is 0.726. The third-order valence-corrected chi connectivity index (χ3v) is 5.76. The van der Waals surface area contributed by atoms with Crippen LogP contribution in [0, 0.1) is 5.92 Å². The smallest absolute Gasteiger partial charge is 0.150 e. The molecule has 1 saturated carbocycles. The highest BCUT2D eigenvalue weighted by atomic mass is 32.2. The molecule has 0 spiro atoms.